The van der Waals surface area contributed by atoms with Crippen molar-refractivity contribution in [3.05, 3.63) is 53.9 Å². The van der Waals surface area contributed by atoms with Gasteiger partial charge < -0.3 is 5.32 Å². The quantitative estimate of drug-likeness (QED) is 0.871. The number of hydrogen-bond donors (Lipinski definition) is 1. The summed E-state index contributed by atoms with van der Waals surface area (Å²) in [5, 5.41) is 6.95. The summed E-state index contributed by atoms with van der Waals surface area (Å²) in [6.07, 6.45) is 4.02. The Morgan fingerprint density at radius 3 is 2.78 bits per heavy atom. The fourth-order valence-corrected chi connectivity index (χ4v) is 1.64. The molecule has 1 aromatic carbocycles. The number of hydrogen-bond acceptors (Lipinski definition) is 2. The van der Waals surface area contributed by atoms with Crippen molar-refractivity contribution in [1.29, 1.82) is 0 Å². The Bertz CT molecular complexity index is 488. The van der Waals surface area contributed by atoms with Gasteiger partial charge in [0.1, 0.15) is 0 Å². The molecule has 0 atom stereocenters. The van der Waals surface area contributed by atoms with Crippen LogP contribution in [0.25, 0.3) is 0 Å². The van der Waals surface area contributed by atoms with E-state index in [1.54, 1.807) is 10.9 Å². The van der Waals surface area contributed by atoms with Crippen molar-refractivity contribution >= 4 is 5.91 Å². The lowest BCUT2D eigenvalue weighted by Gasteiger charge is -2.06. The van der Waals surface area contributed by atoms with Crippen LogP contribution in [0.2, 0.25) is 0 Å². The second-order valence-electron chi connectivity index (χ2n) is 4.28. The maximum atomic E-state index is 11.6. The molecule has 0 aliphatic heterocycles. The van der Waals surface area contributed by atoms with Crippen LogP contribution < -0.4 is 5.32 Å². The fourth-order valence-electron chi connectivity index (χ4n) is 1.64. The van der Waals surface area contributed by atoms with Crippen molar-refractivity contribution in [1.82, 2.24) is 15.1 Å². The molecule has 2 aromatic rings. The van der Waals surface area contributed by atoms with E-state index in [0.29, 0.717) is 19.5 Å². The Hall–Kier alpha value is -2.10. The van der Waals surface area contributed by atoms with Gasteiger partial charge in [-0.2, -0.15) is 5.10 Å². The molecule has 0 radical (unpaired) electrons. The summed E-state index contributed by atoms with van der Waals surface area (Å²) >= 11 is 0. The van der Waals surface area contributed by atoms with Crippen molar-refractivity contribution < 1.29 is 4.79 Å². The Morgan fingerprint density at radius 2 is 2.11 bits per heavy atom. The average Bonchev–Trinajstić information content (AvgIpc) is 2.89. The minimum Gasteiger partial charge on any atom is -0.352 e. The Balaban J connectivity index is 1.73. The van der Waals surface area contributed by atoms with E-state index in [2.05, 4.69) is 10.4 Å². The van der Waals surface area contributed by atoms with Crippen molar-refractivity contribution in [3.63, 3.8) is 0 Å². The molecular weight excluding hydrogens is 226 g/mol. The predicted molar refractivity (Wildman–Crippen MR) is 69.9 cm³/mol. The number of rotatable bonds is 5. The molecule has 0 spiro atoms. The van der Waals surface area contributed by atoms with E-state index in [1.807, 2.05) is 43.5 Å². The SMILES string of the molecule is Cc1ccc(CNC(=O)CCn2cccn2)cc1. The number of benzene rings is 1. The van der Waals surface area contributed by atoms with Gasteiger partial charge in [-0.05, 0) is 18.6 Å². The molecule has 4 nitrogen and oxygen atoms in total. The van der Waals surface area contributed by atoms with E-state index in [-0.39, 0.29) is 5.91 Å². The monoisotopic (exact) mass is 243 g/mol. The third-order valence-electron chi connectivity index (χ3n) is 2.74. The fraction of sp³-hybridized carbons (Fsp3) is 0.286. The molecule has 2 rings (SSSR count). The highest BCUT2D eigenvalue weighted by Gasteiger charge is 2.01. The van der Waals surface area contributed by atoms with E-state index in [1.165, 1.54) is 5.56 Å². The van der Waals surface area contributed by atoms with Gasteiger partial charge in [0, 0.05) is 31.9 Å². The molecule has 0 aliphatic rings. The molecule has 1 N–H and O–H groups in total. The van der Waals surface area contributed by atoms with E-state index in [9.17, 15) is 4.79 Å². The van der Waals surface area contributed by atoms with Crippen LogP contribution in [0.4, 0.5) is 0 Å². The van der Waals surface area contributed by atoms with Crippen molar-refractivity contribution in [3.8, 4) is 0 Å². The number of carbonyl (C=O) groups excluding carboxylic acids is 1. The molecule has 18 heavy (non-hydrogen) atoms. The molecule has 1 heterocycles. The van der Waals surface area contributed by atoms with Crippen LogP contribution in [-0.4, -0.2) is 15.7 Å². The summed E-state index contributed by atoms with van der Waals surface area (Å²) in [5.41, 5.74) is 2.34. The van der Waals surface area contributed by atoms with Crippen LogP contribution in [0, 0.1) is 6.92 Å². The first kappa shape index (κ1) is 12.4. The minimum atomic E-state index is 0.0473. The Kier molecular flexibility index (Phi) is 4.12. The number of nitrogens with zero attached hydrogens (tertiary/aromatic N) is 2. The third kappa shape index (κ3) is 3.73. The van der Waals surface area contributed by atoms with Crippen molar-refractivity contribution in [2.24, 2.45) is 0 Å². The van der Waals surface area contributed by atoms with Crippen molar-refractivity contribution in [2.45, 2.75) is 26.4 Å². The molecule has 94 valence electrons. The predicted octanol–water partition coefficient (Wildman–Crippen LogP) is 1.90. The second kappa shape index (κ2) is 6.00. The minimum absolute atomic E-state index is 0.0473. The van der Waals surface area contributed by atoms with Crippen LogP contribution in [0.3, 0.4) is 0 Å². The van der Waals surface area contributed by atoms with Crippen molar-refractivity contribution in [2.75, 3.05) is 0 Å². The van der Waals surface area contributed by atoms with E-state index >= 15 is 0 Å². The highest BCUT2D eigenvalue weighted by molar-refractivity contribution is 5.75. The molecule has 0 unspecified atom stereocenters. The number of carbonyl (C=O) groups is 1. The topological polar surface area (TPSA) is 46.9 Å². The van der Waals surface area contributed by atoms with Gasteiger partial charge in [-0.3, -0.25) is 9.48 Å². The van der Waals surface area contributed by atoms with Crippen LogP contribution in [0.5, 0.6) is 0 Å². The van der Waals surface area contributed by atoms with Gasteiger partial charge in [-0.1, -0.05) is 29.8 Å². The average molecular weight is 243 g/mol. The Labute approximate surface area is 107 Å². The molecule has 1 amide bonds. The van der Waals surface area contributed by atoms with E-state index < -0.39 is 0 Å². The van der Waals surface area contributed by atoms with Gasteiger partial charge in [-0.15, -0.1) is 0 Å². The third-order valence-corrected chi connectivity index (χ3v) is 2.74. The first-order valence-electron chi connectivity index (χ1n) is 6.04. The molecule has 0 fully saturated rings. The first-order chi connectivity index (χ1) is 8.74. The van der Waals surface area contributed by atoms with E-state index in [0.717, 1.165) is 5.56 Å². The van der Waals surface area contributed by atoms with Crippen LogP contribution in [-0.2, 0) is 17.9 Å². The van der Waals surface area contributed by atoms with Gasteiger partial charge in [-0.25, -0.2) is 0 Å². The van der Waals surface area contributed by atoms with Gasteiger partial charge >= 0.3 is 0 Å². The zero-order valence-electron chi connectivity index (χ0n) is 10.5. The summed E-state index contributed by atoms with van der Waals surface area (Å²) in [6.45, 7) is 3.25. The maximum Gasteiger partial charge on any atom is 0.222 e. The van der Waals surface area contributed by atoms with Crippen LogP contribution in [0.15, 0.2) is 42.7 Å². The molecule has 0 bridgehead atoms. The second-order valence-corrected chi connectivity index (χ2v) is 4.28. The zero-order valence-corrected chi connectivity index (χ0v) is 10.5. The molecule has 1 aromatic heterocycles. The molecule has 0 saturated heterocycles. The van der Waals surface area contributed by atoms with Crippen LogP contribution in [0.1, 0.15) is 17.5 Å². The zero-order chi connectivity index (χ0) is 12.8. The summed E-state index contributed by atoms with van der Waals surface area (Å²) < 4.78 is 1.76. The lowest BCUT2D eigenvalue weighted by atomic mass is 10.1. The highest BCUT2D eigenvalue weighted by Crippen LogP contribution is 2.02. The number of nitrogens with one attached hydrogen (secondary N) is 1. The summed E-state index contributed by atoms with van der Waals surface area (Å²) in [7, 11) is 0. The normalized spacial score (nSPS) is 10.3. The molecule has 0 saturated carbocycles. The maximum absolute atomic E-state index is 11.6. The lowest BCUT2D eigenvalue weighted by molar-refractivity contribution is -0.121. The molecule has 0 aliphatic carbocycles. The van der Waals surface area contributed by atoms with E-state index in [4.69, 9.17) is 0 Å². The lowest BCUT2D eigenvalue weighted by Crippen LogP contribution is -2.24. The number of aryl methyl sites for hydroxylation is 2. The summed E-state index contributed by atoms with van der Waals surface area (Å²) in [6, 6.07) is 10.0. The number of aromatic nitrogens is 2. The molecular formula is C14H17N3O. The van der Waals surface area contributed by atoms with Gasteiger partial charge in [0.2, 0.25) is 5.91 Å². The van der Waals surface area contributed by atoms with Gasteiger partial charge in [0.15, 0.2) is 0 Å². The van der Waals surface area contributed by atoms with Gasteiger partial charge in [0.05, 0.1) is 0 Å². The Morgan fingerprint density at radius 1 is 1.33 bits per heavy atom. The summed E-state index contributed by atoms with van der Waals surface area (Å²) in [4.78, 5) is 11.6. The molecule has 4 heteroatoms. The standard InChI is InChI=1S/C14H17N3O/c1-12-3-5-13(6-4-12)11-15-14(18)7-10-17-9-2-8-16-17/h2-6,8-9H,7,10-11H2,1H3,(H,15,18). The van der Waals surface area contributed by atoms with Crippen LogP contribution >= 0.6 is 0 Å². The largest absolute Gasteiger partial charge is 0.352 e. The highest BCUT2D eigenvalue weighted by atomic mass is 16.1. The number of amides is 1. The first-order valence-corrected chi connectivity index (χ1v) is 6.04. The summed E-state index contributed by atoms with van der Waals surface area (Å²) in [5.74, 6) is 0.0473. The van der Waals surface area contributed by atoms with Gasteiger partial charge in [0.25, 0.3) is 0 Å². The smallest absolute Gasteiger partial charge is 0.222 e.